The Hall–Kier alpha value is -3.02. The van der Waals surface area contributed by atoms with Gasteiger partial charge in [-0.2, -0.15) is 0 Å². The molecule has 1 fully saturated rings. The maximum absolute atomic E-state index is 12.9. The molecular formula is C24H30N2O4. The Kier molecular flexibility index (Phi) is 7.33. The van der Waals surface area contributed by atoms with Crippen molar-refractivity contribution in [2.75, 3.05) is 33.9 Å². The fourth-order valence-electron chi connectivity index (χ4n) is 3.76. The molecule has 2 amide bonds. The molecule has 30 heavy (non-hydrogen) atoms. The SMILES string of the molecule is COc1cc(OC)cc(C(=O)N2CCC(C(=O)NCC(C)c3ccccc3)CC2)c1. The van der Waals surface area contributed by atoms with Crippen molar-refractivity contribution in [1.82, 2.24) is 10.2 Å². The summed E-state index contributed by atoms with van der Waals surface area (Å²) in [5, 5.41) is 3.08. The first kappa shape index (κ1) is 21.7. The summed E-state index contributed by atoms with van der Waals surface area (Å²) in [5.41, 5.74) is 1.75. The summed E-state index contributed by atoms with van der Waals surface area (Å²) in [6.07, 6.45) is 1.33. The van der Waals surface area contributed by atoms with Crippen LogP contribution in [0.25, 0.3) is 0 Å². The largest absolute Gasteiger partial charge is 0.497 e. The summed E-state index contributed by atoms with van der Waals surface area (Å²) in [6, 6.07) is 15.3. The van der Waals surface area contributed by atoms with E-state index in [2.05, 4.69) is 24.4 Å². The highest BCUT2D eigenvalue weighted by molar-refractivity contribution is 5.95. The van der Waals surface area contributed by atoms with Gasteiger partial charge < -0.3 is 19.7 Å². The van der Waals surface area contributed by atoms with Gasteiger partial charge in [-0.25, -0.2) is 0 Å². The maximum Gasteiger partial charge on any atom is 0.254 e. The first-order valence-corrected chi connectivity index (χ1v) is 10.4. The smallest absolute Gasteiger partial charge is 0.254 e. The Morgan fingerprint density at radius 3 is 2.20 bits per heavy atom. The minimum absolute atomic E-state index is 0.0585. The zero-order valence-electron chi connectivity index (χ0n) is 17.9. The molecule has 1 aliphatic heterocycles. The van der Waals surface area contributed by atoms with E-state index < -0.39 is 0 Å². The van der Waals surface area contributed by atoms with Crippen molar-refractivity contribution in [2.45, 2.75) is 25.7 Å². The molecule has 1 unspecified atom stereocenters. The number of nitrogens with one attached hydrogen (secondary N) is 1. The zero-order valence-corrected chi connectivity index (χ0v) is 17.9. The number of methoxy groups -OCH3 is 2. The van der Waals surface area contributed by atoms with Crippen molar-refractivity contribution in [3.05, 3.63) is 59.7 Å². The Bertz CT molecular complexity index is 839. The third kappa shape index (κ3) is 5.32. The molecule has 6 heteroatoms. The van der Waals surface area contributed by atoms with Crippen molar-refractivity contribution >= 4 is 11.8 Å². The topological polar surface area (TPSA) is 67.9 Å². The van der Waals surface area contributed by atoms with Crippen LogP contribution in [0.3, 0.4) is 0 Å². The van der Waals surface area contributed by atoms with Crippen LogP contribution in [-0.4, -0.2) is 50.6 Å². The Morgan fingerprint density at radius 2 is 1.63 bits per heavy atom. The van der Waals surface area contributed by atoms with Crippen LogP contribution in [0.1, 0.15) is 41.6 Å². The highest BCUT2D eigenvalue weighted by atomic mass is 16.5. The predicted octanol–water partition coefficient (Wildman–Crippen LogP) is 3.48. The van der Waals surface area contributed by atoms with Crippen LogP contribution in [0.4, 0.5) is 0 Å². The van der Waals surface area contributed by atoms with E-state index in [9.17, 15) is 9.59 Å². The molecule has 2 aromatic rings. The van der Waals surface area contributed by atoms with Gasteiger partial charge in [0.2, 0.25) is 5.91 Å². The molecule has 0 radical (unpaired) electrons. The van der Waals surface area contributed by atoms with Gasteiger partial charge in [-0.15, -0.1) is 0 Å². The van der Waals surface area contributed by atoms with Crippen LogP contribution in [0, 0.1) is 5.92 Å². The lowest BCUT2D eigenvalue weighted by atomic mass is 9.94. The predicted molar refractivity (Wildman–Crippen MR) is 116 cm³/mol. The molecular weight excluding hydrogens is 380 g/mol. The second-order valence-corrected chi connectivity index (χ2v) is 7.72. The first-order valence-electron chi connectivity index (χ1n) is 10.4. The van der Waals surface area contributed by atoms with Crippen molar-refractivity contribution in [1.29, 1.82) is 0 Å². The average Bonchev–Trinajstić information content (AvgIpc) is 2.82. The molecule has 160 valence electrons. The van der Waals surface area contributed by atoms with Crippen LogP contribution < -0.4 is 14.8 Å². The number of rotatable bonds is 7. The minimum Gasteiger partial charge on any atom is -0.497 e. The number of ether oxygens (including phenoxy) is 2. The summed E-state index contributed by atoms with van der Waals surface area (Å²) < 4.78 is 10.5. The number of carbonyl (C=O) groups excluding carboxylic acids is 2. The zero-order chi connectivity index (χ0) is 21.5. The maximum atomic E-state index is 12.9. The third-order valence-corrected chi connectivity index (χ3v) is 5.70. The Morgan fingerprint density at radius 1 is 1.03 bits per heavy atom. The molecule has 0 spiro atoms. The molecule has 0 aliphatic carbocycles. The molecule has 1 atom stereocenters. The van der Waals surface area contributed by atoms with Crippen molar-refractivity contribution in [2.24, 2.45) is 5.92 Å². The average molecular weight is 411 g/mol. The standard InChI is InChI=1S/C24H30N2O4/c1-17(18-7-5-4-6-8-18)16-25-23(27)19-9-11-26(12-10-19)24(28)20-13-21(29-2)15-22(14-20)30-3/h4-8,13-15,17,19H,9-12,16H2,1-3H3,(H,25,27). The fraction of sp³-hybridized carbons (Fsp3) is 0.417. The minimum atomic E-state index is -0.0660. The van der Waals surface area contributed by atoms with Gasteiger partial charge in [0.1, 0.15) is 11.5 Å². The number of amides is 2. The van der Waals surface area contributed by atoms with Gasteiger partial charge in [-0.05, 0) is 36.5 Å². The van der Waals surface area contributed by atoms with Crippen LogP contribution in [-0.2, 0) is 4.79 Å². The molecule has 1 aliphatic rings. The van der Waals surface area contributed by atoms with Gasteiger partial charge in [0, 0.05) is 37.2 Å². The lowest BCUT2D eigenvalue weighted by Gasteiger charge is -2.31. The van der Waals surface area contributed by atoms with Crippen LogP contribution in [0.15, 0.2) is 48.5 Å². The second kappa shape index (κ2) is 10.1. The molecule has 0 aromatic heterocycles. The van der Waals surface area contributed by atoms with E-state index in [-0.39, 0.29) is 23.7 Å². The molecule has 3 rings (SSSR count). The number of likely N-dealkylation sites (tertiary alicyclic amines) is 1. The number of hydrogen-bond donors (Lipinski definition) is 1. The fourth-order valence-corrected chi connectivity index (χ4v) is 3.76. The first-order chi connectivity index (χ1) is 14.5. The molecule has 1 saturated heterocycles. The molecule has 1 heterocycles. The number of hydrogen-bond acceptors (Lipinski definition) is 4. The van der Waals surface area contributed by atoms with Gasteiger partial charge in [0.05, 0.1) is 14.2 Å². The summed E-state index contributed by atoms with van der Waals surface area (Å²) in [7, 11) is 3.12. The lowest BCUT2D eigenvalue weighted by Crippen LogP contribution is -2.43. The van der Waals surface area contributed by atoms with Crippen LogP contribution >= 0.6 is 0 Å². The van der Waals surface area contributed by atoms with E-state index in [0.717, 1.165) is 0 Å². The van der Waals surface area contributed by atoms with E-state index >= 15 is 0 Å². The molecule has 0 saturated carbocycles. The normalized spacial score (nSPS) is 15.4. The van der Waals surface area contributed by atoms with E-state index in [1.165, 1.54) is 5.56 Å². The third-order valence-electron chi connectivity index (χ3n) is 5.70. The van der Waals surface area contributed by atoms with Gasteiger partial charge in [0.25, 0.3) is 5.91 Å². The van der Waals surface area contributed by atoms with Gasteiger partial charge in [-0.1, -0.05) is 37.3 Å². The highest BCUT2D eigenvalue weighted by Crippen LogP contribution is 2.25. The van der Waals surface area contributed by atoms with Crippen molar-refractivity contribution in [3.63, 3.8) is 0 Å². The number of nitrogens with zero attached hydrogens (tertiary/aromatic N) is 1. The molecule has 0 bridgehead atoms. The van der Waals surface area contributed by atoms with Crippen LogP contribution in [0.5, 0.6) is 11.5 Å². The Labute approximate surface area is 178 Å². The summed E-state index contributed by atoms with van der Waals surface area (Å²) >= 11 is 0. The number of carbonyl (C=O) groups is 2. The van der Waals surface area contributed by atoms with Crippen molar-refractivity contribution in [3.8, 4) is 11.5 Å². The van der Waals surface area contributed by atoms with Crippen molar-refractivity contribution < 1.29 is 19.1 Å². The molecule has 6 nitrogen and oxygen atoms in total. The van der Waals surface area contributed by atoms with Crippen LogP contribution in [0.2, 0.25) is 0 Å². The van der Waals surface area contributed by atoms with E-state index in [0.29, 0.717) is 49.5 Å². The van der Waals surface area contributed by atoms with Gasteiger partial charge >= 0.3 is 0 Å². The van der Waals surface area contributed by atoms with E-state index in [4.69, 9.17) is 9.47 Å². The van der Waals surface area contributed by atoms with E-state index in [1.54, 1.807) is 37.3 Å². The highest BCUT2D eigenvalue weighted by Gasteiger charge is 2.28. The second-order valence-electron chi connectivity index (χ2n) is 7.72. The summed E-state index contributed by atoms with van der Waals surface area (Å²) in [5.74, 6) is 1.38. The number of benzene rings is 2. The Balaban J connectivity index is 1.51. The molecule has 2 aromatic carbocycles. The van der Waals surface area contributed by atoms with E-state index in [1.807, 2.05) is 18.2 Å². The van der Waals surface area contributed by atoms with Gasteiger partial charge in [-0.3, -0.25) is 9.59 Å². The molecule has 1 N–H and O–H groups in total. The summed E-state index contributed by atoms with van der Waals surface area (Å²) in [6.45, 7) is 3.85. The lowest BCUT2D eigenvalue weighted by molar-refractivity contribution is -0.126. The quantitative estimate of drug-likeness (QED) is 0.759. The summed E-state index contributed by atoms with van der Waals surface area (Å²) in [4.78, 5) is 27.3. The number of piperidine rings is 1. The van der Waals surface area contributed by atoms with Gasteiger partial charge in [0.15, 0.2) is 0 Å². The monoisotopic (exact) mass is 410 g/mol.